The molecule has 1 amide bonds. The molecule has 0 atom stereocenters. The maximum atomic E-state index is 13.0. The van der Waals surface area contributed by atoms with Gasteiger partial charge in [-0.2, -0.15) is 0 Å². The van der Waals surface area contributed by atoms with Gasteiger partial charge in [-0.3, -0.25) is 4.79 Å². The lowest BCUT2D eigenvalue weighted by Crippen LogP contribution is -2.30. The molecule has 0 aliphatic carbocycles. The van der Waals surface area contributed by atoms with Crippen molar-refractivity contribution < 1.29 is 18.7 Å². The van der Waals surface area contributed by atoms with Gasteiger partial charge in [0.2, 0.25) is 0 Å². The molecule has 31 heavy (non-hydrogen) atoms. The fourth-order valence-corrected chi connectivity index (χ4v) is 3.52. The van der Waals surface area contributed by atoms with Crippen molar-refractivity contribution in [1.29, 1.82) is 0 Å². The van der Waals surface area contributed by atoms with Crippen LogP contribution in [0.1, 0.15) is 24.0 Å². The molecule has 2 aromatic carbocycles. The van der Waals surface area contributed by atoms with Crippen LogP contribution in [0.3, 0.4) is 0 Å². The van der Waals surface area contributed by atoms with Crippen LogP contribution in [0.15, 0.2) is 70.8 Å². The van der Waals surface area contributed by atoms with Crippen molar-refractivity contribution in [1.82, 2.24) is 5.32 Å². The highest BCUT2D eigenvalue weighted by Crippen LogP contribution is 2.31. The van der Waals surface area contributed by atoms with Crippen molar-refractivity contribution in [3.8, 4) is 11.5 Å². The van der Waals surface area contributed by atoms with Crippen LogP contribution in [0.4, 0.5) is 5.69 Å². The van der Waals surface area contributed by atoms with Gasteiger partial charge in [-0.15, -0.1) is 0 Å². The standard InChI is InChI=1S/C24H22N2O4S/c1-3-28-22-11-7-5-9-20(22)26-23(27)19(25-24(26)31)14-17-12-13-18(30-17)15-29-21-10-6-4-8-16(21)2/h4-14H,3,15H2,1-2H3,(H,25,31)/b19-14+. The maximum Gasteiger partial charge on any atom is 0.281 e. The minimum absolute atomic E-state index is 0.272. The number of hydrogen-bond acceptors (Lipinski definition) is 5. The minimum atomic E-state index is -0.272. The third-order valence-corrected chi connectivity index (χ3v) is 5.00. The zero-order chi connectivity index (χ0) is 21.8. The number of thiocarbonyl (C=S) groups is 1. The number of furan rings is 1. The average molecular weight is 435 g/mol. The smallest absolute Gasteiger partial charge is 0.281 e. The van der Waals surface area contributed by atoms with Gasteiger partial charge in [0.1, 0.15) is 35.3 Å². The molecule has 0 saturated carbocycles. The van der Waals surface area contributed by atoms with Crippen molar-refractivity contribution in [3.63, 3.8) is 0 Å². The Hall–Kier alpha value is -3.58. The number of nitrogens with zero attached hydrogens (tertiary/aromatic N) is 1. The number of carbonyl (C=O) groups excluding carboxylic acids is 1. The highest BCUT2D eigenvalue weighted by Gasteiger charge is 2.34. The first kappa shape index (κ1) is 20.7. The van der Waals surface area contributed by atoms with Gasteiger partial charge in [-0.1, -0.05) is 30.3 Å². The summed E-state index contributed by atoms with van der Waals surface area (Å²) >= 11 is 5.40. The second-order valence-electron chi connectivity index (χ2n) is 6.89. The first-order valence-corrected chi connectivity index (χ1v) is 10.3. The normalized spacial score (nSPS) is 14.8. The molecular formula is C24H22N2O4S. The van der Waals surface area contributed by atoms with E-state index in [-0.39, 0.29) is 11.0 Å². The van der Waals surface area contributed by atoms with Crippen molar-refractivity contribution in [2.45, 2.75) is 20.5 Å². The first-order chi connectivity index (χ1) is 15.1. The molecule has 1 aliphatic rings. The predicted molar refractivity (Wildman–Crippen MR) is 123 cm³/mol. The van der Waals surface area contributed by atoms with Crippen LogP contribution in [0, 0.1) is 6.92 Å². The number of para-hydroxylation sites is 3. The van der Waals surface area contributed by atoms with Crippen molar-refractivity contribution >= 4 is 35.0 Å². The summed E-state index contributed by atoms with van der Waals surface area (Å²) in [6, 6.07) is 18.7. The summed E-state index contributed by atoms with van der Waals surface area (Å²) in [6.45, 7) is 4.66. The molecule has 158 valence electrons. The van der Waals surface area contributed by atoms with Crippen LogP contribution in [-0.4, -0.2) is 17.6 Å². The van der Waals surface area contributed by atoms with Gasteiger partial charge in [0.05, 0.1) is 12.3 Å². The van der Waals surface area contributed by atoms with Gasteiger partial charge in [0.15, 0.2) is 5.11 Å². The summed E-state index contributed by atoms with van der Waals surface area (Å²) < 4.78 is 17.3. The highest BCUT2D eigenvalue weighted by atomic mass is 32.1. The number of amides is 1. The van der Waals surface area contributed by atoms with Crippen LogP contribution < -0.4 is 19.7 Å². The molecule has 6 nitrogen and oxygen atoms in total. The van der Waals surface area contributed by atoms with Crippen LogP contribution in [0.25, 0.3) is 6.08 Å². The minimum Gasteiger partial charge on any atom is -0.492 e. The Balaban J connectivity index is 1.50. The van der Waals surface area contributed by atoms with E-state index in [9.17, 15) is 4.79 Å². The van der Waals surface area contributed by atoms with Gasteiger partial charge in [-0.25, -0.2) is 4.90 Å². The van der Waals surface area contributed by atoms with Gasteiger partial charge >= 0.3 is 0 Å². The monoisotopic (exact) mass is 434 g/mol. The number of nitrogens with one attached hydrogen (secondary N) is 1. The molecule has 0 bridgehead atoms. The van der Waals surface area contributed by atoms with Gasteiger partial charge in [-0.05, 0) is 62.0 Å². The van der Waals surface area contributed by atoms with Crippen LogP contribution in [0.2, 0.25) is 0 Å². The zero-order valence-electron chi connectivity index (χ0n) is 17.3. The Morgan fingerprint density at radius 1 is 1.03 bits per heavy atom. The summed E-state index contributed by atoms with van der Waals surface area (Å²) in [4.78, 5) is 14.4. The fourth-order valence-electron chi connectivity index (χ4n) is 3.23. The summed E-state index contributed by atoms with van der Waals surface area (Å²) in [7, 11) is 0. The third kappa shape index (κ3) is 4.46. The van der Waals surface area contributed by atoms with E-state index in [1.165, 1.54) is 4.90 Å². The van der Waals surface area contributed by atoms with E-state index in [1.54, 1.807) is 18.2 Å². The number of carbonyl (C=O) groups is 1. The molecule has 1 N–H and O–H groups in total. The van der Waals surface area contributed by atoms with E-state index < -0.39 is 0 Å². The first-order valence-electron chi connectivity index (χ1n) is 9.93. The van der Waals surface area contributed by atoms with Gasteiger partial charge in [0.25, 0.3) is 5.91 Å². The quantitative estimate of drug-likeness (QED) is 0.425. The highest BCUT2D eigenvalue weighted by molar-refractivity contribution is 7.80. The summed E-state index contributed by atoms with van der Waals surface area (Å²) in [6.07, 6.45) is 1.63. The van der Waals surface area contributed by atoms with Crippen molar-refractivity contribution in [3.05, 3.63) is 83.4 Å². The summed E-state index contributed by atoms with van der Waals surface area (Å²) in [5.74, 6) is 2.31. The lowest BCUT2D eigenvalue weighted by atomic mass is 10.2. The molecule has 0 spiro atoms. The molecule has 0 radical (unpaired) electrons. The fraction of sp³-hybridized carbons (Fsp3) is 0.167. The average Bonchev–Trinajstić information content (AvgIpc) is 3.32. The molecular weight excluding hydrogens is 412 g/mol. The number of aryl methyl sites for hydroxylation is 1. The van der Waals surface area contributed by atoms with E-state index in [0.29, 0.717) is 41.9 Å². The topological polar surface area (TPSA) is 63.9 Å². The van der Waals surface area contributed by atoms with Crippen LogP contribution >= 0.6 is 12.2 Å². The van der Waals surface area contributed by atoms with Crippen LogP contribution in [0.5, 0.6) is 11.5 Å². The number of ether oxygens (including phenoxy) is 2. The maximum absolute atomic E-state index is 13.0. The Morgan fingerprint density at radius 2 is 1.77 bits per heavy atom. The van der Waals surface area contributed by atoms with Crippen molar-refractivity contribution in [2.75, 3.05) is 11.5 Å². The number of benzene rings is 2. The lowest BCUT2D eigenvalue weighted by molar-refractivity contribution is -0.113. The number of hydrogen-bond donors (Lipinski definition) is 1. The predicted octanol–water partition coefficient (Wildman–Crippen LogP) is 4.83. The lowest BCUT2D eigenvalue weighted by Gasteiger charge is -2.17. The summed E-state index contributed by atoms with van der Waals surface area (Å²) in [5.41, 5.74) is 1.98. The Bertz CT molecular complexity index is 1150. The van der Waals surface area contributed by atoms with E-state index in [1.807, 2.05) is 62.4 Å². The van der Waals surface area contributed by atoms with E-state index >= 15 is 0 Å². The van der Waals surface area contributed by atoms with Crippen molar-refractivity contribution in [2.24, 2.45) is 0 Å². The second-order valence-corrected chi connectivity index (χ2v) is 7.27. The Morgan fingerprint density at radius 3 is 2.55 bits per heavy atom. The van der Waals surface area contributed by atoms with E-state index in [2.05, 4.69) is 5.32 Å². The Labute approximate surface area is 186 Å². The van der Waals surface area contributed by atoms with Crippen LogP contribution in [-0.2, 0) is 11.4 Å². The number of rotatable bonds is 7. The van der Waals surface area contributed by atoms with E-state index in [0.717, 1.165) is 11.3 Å². The largest absolute Gasteiger partial charge is 0.492 e. The summed E-state index contributed by atoms with van der Waals surface area (Å²) in [5, 5.41) is 3.26. The third-order valence-electron chi connectivity index (χ3n) is 4.72. The van der Waals surface area contributed by atoms with E-state index in [4.69, 9.17) is 26.1 Å². The van der Waals surface area contributed by atoms with Gasteiger partial charge < -0.3 is 19.2 Å². The molecule has 1 fully saturated rings. The second kappa shape index (κ2) is 9.06. The SMILES string of the molecule is CCOc1ccccc1N1C(=O)/C(=C\c2ccc(COc3ccccc3C)o2)NC1=S. The molecule has 0 unspecified atom stereocenters. The Kier molecular flexibility index (Phi) is 6.04. The molecule has 1 aliphatic heterocycles. The molecule has 3 aromatic rings. The molecule has 7 heteroatoms. The molecule has 1 aromatic heterocycles. The molecule has 1 saturated heterocycles. The van der Waals surface area contributed by atoms with Gasteiger partial charge in [0, 0.05) is 6.08 Å². The molecule has 2 heterocycles. The number of anilines is 1. The zero-order valence-corrected chi connectivity index (χ0v) is 18.1. The molecule has 4 rings (SSSR count).